The van der Waals surface area contributed by atoms with Gasteiger partial charge in [-0.25, -0.2) is 0 Å². The second-order valence-corrected chi connectivity index (χ2v) is 4.70. The SMILES string of the molecule is O=[N+]([O-])c1ccc(N/N=C/c2ccc([N+](=O)[O-])s2)cc1. The largest absolute Gasteiger partial charge is 0.324 e. The van der Waals surface area contributed by atoms with E-state index in [1.807, 2.05) is 0 Å². The van der Waals surface area contributed by atoms with Gasteiger partial charge in [-0.05, 0) is 18.2 Å². The van der Waals surface area contributed by atoms with E-state index in [9.17, 15) is 20.2 Å². The maximum Gasteiger partial charge on any atom is 0.324 e. The highest BCUT2D eigenvalue weighted by Gasteiger charge is 2.08. The Balaban J connectivity index is 1.98. The van der Waals surface area contributed by atoms with Gasteiger partial charge in [0.1, 0.15) is 0 Å². The molecule has 0 amide bonds. The highest BCUT2D eigenvalue weighted by Crippen LogP contribution is 2.22. The van der Waals surface area contributed by atoms with Crippen LogP contribution in [0.25, 0.3) is 0 Å². The first-order valence-electron chi connectivity index (χ1n) is 5.34. The van der Waals surface area contributed by atoms with E-state index < -0.39 is 9.85 Å². The van der Waals surface area contributed by atoms with Gasteiger partial charge in [0, 0.05) is 18.2 Å². The molecule has 20 heavy (non-hydrogen) atoms. The summed E-state index contributed by atoms with van der Waals surface area (Å²) in [5.41, 5.74) is 3.26. The lowest BCUT2D eigenvalue weighted by molar-refractivity contribution is -0.384. The standard InChI is InChI=1S/C11H8N4O4S/c16-14(17)9-3-1-8(2-4-9)13-12-7-10-5-6-11(20-10)15(18)19/h1-7,13H/b12-7+. The number of rotatable bonds is 5. The van der Waals surface area contributed by atoms with Gasteiger partial charge in [0.15, 0.2) is 0 Å². The molecular weight excluding hydrogens is 284 g/mol. The Morgan fingerprint density at radius 3 is 2.30 bits per heavy atom. The minimum Gasteiger partial charge on any atom is -0.278 e. The van der Waals surface area contributed by atoms with E-state index in [2.05, 4.69) is 10.5 Å². The predicted molar refractivity (Wildman–Crippen MR) is 75.3 cm³/mol. The van der Waals surface area contributed by atoms with E-state index in [0.29, 0.717) is 10.6 Å². The molecule has 1 aromatic heterocycles. The molecule has 0 spiro atoms. The Morgan fingerprint density at radius 1 is 1.05 bits per heavy atom. The molecule has 1 N–H and O–H groups in total. The number of thiophene rings is 1. The normalized spacial score (nSPS) is 10.6. The van der Waals surface area contributed by atoms with Crippen molar-refractivity contribution < 1.29 is 9.85 Å². The summed E-state index contributed by atoms with van der Waals surface area (Å²) >= 11 is 1.00. The fourth-order valence-corrected chi connectivity index (χ4v) is 2.03. The van der Waals surface area contributed by atoms with E-state index in [1.165, 1.54) is 36.5 Å². The molecule has 0 aliphatic carbocycles. The highest BCUT2D eigenvalue weighted by atomic mass is 32.1. The fourth-order valence-electron chi connectivity index (χ4n) is 1.34. The van der Waals surface area contributed by atoms with Crippen LogP contribution < -0.4 is 5.43 Å². The Labute approximate surface area is 116 Å². The number of nitrogens with one attached hydrogen (secondary N) is 1. The van der Waals surface area contributed by atoms with E-state index >= 15 is 0 Å². The van der Waals surface area contributed by atoms with Crippen molar-refractivity contribution in [1.82, 2.24) is 0 Å². The molecule has 0 bridgehead atoms. The lowest BCUT2D eigenvalue weighted by Crippen LogP contribution is -1.91. The van der Waals surface area contributed by atoms with E-state index in [4.69, 9.17) is 0 Å². The van der Waals surface area contributed by atoms with Crippen molar-refractivity contribution in [3.05, 3.63) is 61.5 Å². The summed E-state index contributed by atoms with van der Waals surface area (Å²) in [6.07, 6.45) is 1.44. The average molecular weight is 292 g/mol. The number of nitrogens with zero attached hydrogens (tertiary/aromatic N) is 3. The van der Waals surface area contributed by atoms with Gasteiger partial charge in [-0.15, -0.1) is 0 Å². The molecule has 0 saturated carbocycles. The first kappa shape index (κ1) is 13.6. The van der Waals surface area contributed by atoms with Gasteiger partial charge in [0.2, 0.25) is 0 Å². The number of nitro benzene ring substituents is 1. The van der Waals surface area contributed by atoms with Crippen LogP contribution in [0.5, 0.6) is 0 Å². The summed E-state index contributed by atoms with van der Waals surface area (Å²) < 4.78 is 0. The Hall–Kier alpha value is -2.81. The zero-order valence-corrected chi connectivity index (χ0v) is 10.7. The summed E-state index contributed by atoms with van der Waals surface area (Å²) in [6, 6.07) is 8.74. The van der Waals surface area contributed by atoms with Crippen LogP contribution in [0.1, 0.15) is 4.88 Å². The number of benzene rings is 1. The number of non-ortho nitro benzene ring substituents is 1. The Morgan fingerprint density at radius 2 is 1.75 bits per heavy atom. The molecule has 2 rings (SSSR count). The second kappa shape index (κ2) is 5.89. The van der Waals surface area contributed by atoms with Crippen molar-refractivity contribution in [2.75, 3.05) is 5.43 Å². The van der Waals surface area contributed by atoms with Gasteiger partial charge in [0.25, 0.3) is 5.69 Å². The summed E-state index contributed by atoms with van der Waals surface area (Å²) in [4.78, 5) is 20.6. The van der Waals surface area contributed by atoms with Gasteiger partial charge in [-0.3, -0.25) is 25.7 Å². The smallest absolute Gasteiger partial charge is 0.278 e. The van der Waals surface area contributed by atoms with Crippen molar-refractivity contribution in [2.24, 2.45) is 5.10 Å². The molecule has 0 atom stereocenters. The van der Waals surface area contributed by atoms with Gasteiger partial charge in [-0.1, -0.05) is 11.3 Å². The predicted octanol–water partition coefficient (Wildman–Crippen LogP) is 3.01. The monoisotopic (exact) mass is 292 g/mol. The van der Waals surface area contributed by atoms with Crippen LogP contribution in [0.3, 0.4) is 0 Å². The third-order valence-corrected chi connectivity index (χ3v) is 3.23. The van der Waals surface area contributed by atoms with Gasteiger partial charge >= 0.3 is 5.00 Å². The maximum absolute atomic E-state index is 10.5. The molecule has 0 aliphatic heterocycles. The maximum atomic E-state index is 10.5. The van der Waals surface area contributed by atoms with Crippen LogP contribution in [-0.2, 0) is 0 Å². The van der Waals surface area contributed by atoms with Crippen molar-refractivity contribution in [3.8, 4) is 0 Å². The minimum atomic E-state index is -0.488. The molecular formula is C11H8N4O4S. The third kappa shape index (κ3) is 3.36. The topological polar surface area (TPSA) is 111 Å². The first-order chi connectivity index (χ1) is 9.56. The lowest BCUT2D eigenvalue weighted by atomic mass is 10.3. The Kier molecular flexibility index (Phi) is 4.01. The quantitative estimate of drug-likeness (QED) is 0.517. The summed E-state index contributed by atoms with van der Waals surface area (Å²) in [5, 5.41) is 24.9. The van der Waals surface area contributed by atoms with Crippen molar-refractivity contribution in [3.63, 3.8) is 0 Å². The number of hydrogen-bond donors (Lipinski definition) is 1. The van der Waals surface area contributed by atoms with Crippen molar-refractivity contribution in [2.45, 2.75) is 0 Å². The van der Waals surface area contributed by atoms with E-state index in [0.717, 1.165) is 11.3 Å². The first-order valence-corrected chi connectivity index (χ1v) is 6.15. The van der Waals surface area contributed by atoms with E-state index in [-0.39, 0.29) is 10.7 Å². The van der Waals surface area contributed by atoms with Crippen molar-refractivity contribution >= 4 is 33.9 Å². The zero-order chi connectivity index (χ0) is 14.5. The molecule has 0 fully saturated rings. The third-order valence-electron chi connectivity index (χ3n) is 2.26. The molecule has 9 heteroatoms. The van der Waals surface area contributed by atoms with Crippen LogP contribution in [0.15, 0.2) is 41.5 Å². The van der Waals surface area contributed by atoms with Gasteiger partial charge in [0.05, 0.1) is 26.6 Å². The fraction of sp³-hybridized carbons (Fsp3) is 0. The lowest BCUT2D eigenvalue weighted by Gasteiger charge is -1.98. The van der Waals surface area contributed by atoms with Crippen LogP contribution in [0.2, 0.25) is 0 Å². The molecule has 1 heterocycles. The molecule has 2 aromatic rings. The van der Waals surface area contributed by atoms with Crippen molar-refractivity contribution in [1.29, 1.82) is 0 Å². The molecule has 8 nitrogen and oxygen atoms in total. The molecule has 0 radical (unpaired) electrons. The number of anilines is 1. The minimum absolute atomic E-state index is 0.00610. The van der Waals surface area contributed by atoms with Gasteiger partial charge in [-0.2, -0.15) is 5.10 Å². The molecule has 0 aliphatic rings. The average Bonchev–Trinajstić information content (AvgIpc) is 2.88. The second-order valence-electron chi connectivity index (χ2n) is 3.61. The molecule has 1 aromatic carbocycles. The van der Waals surface area contributed by atoms with Crippen LogP contribution in [0, 0.1) is 20.2 Å². The van der Waals surface area contributed by atoms with Crippen LogP contribution in [0.4, 0.5) is 16.4 Å². The molecule has 0 unspecified atom stereocenters. The summed E-state index contributed by atoms with van der Waals surface area (Å²) in [5.74, 6) is 0. The number of hydrogen-bond acceptors (Lipinski definition) is 7. The summed E-state index contributed by atoms with van der Waals surface area (Å²) in [6.45, 7) is 0. The van der Waals surface area contributed by atoms with Crippen LogP contribution in [-0.4, -0.2) is 16.1 Å². The highest BCUT2D eigenvalue weighted by molar-refractivity contribution is 7.16. The van der Waals surface area contributed by atoms with Crippen LogP contribution >= 0.6 is 11.3 Å². The zero-order valence-electron chi connectivity index (χ0n) is 9.92. The number of nitro groups is 2. The van der Waals surface area contributed by atoms with Gasteiger partial charge < -0.3 is 0 Å². The Bertz CT molecular complexity index is 665. The summed E-state index contributed by atoms with van der Waals surface area (Å²) in [7, 11) is 0. The number of hydrazone groups is 1. The molecule has 0 saturated heterocycles. The molecule has 102 valence electrons. The van der Waals surface area contributed by atoms with E-state index in [1.54, 1.807) is 6.07 Å².